The number of likely N-dealkylation sites (N-methyl/N-ethyl adjacent to an activating group) is 1. The topological polar surface area (TPSA) is 34.5 Å². The normalized spacial score (nSPS) is 14.4. The summed E-state index contributed by atoms with van der Waals surface area (Å²) in [4.78, 5) is 15.0. The van der Waals surface area contributed by atoms with E-state index in [9.17, 15) is 4.79 Å². The minimum Gasteiger partial charge on any atom is -0.491 e. The molecule has 1 aromatic heterocycles. The van der Waals surface area contributed by atoms with Crippen molar-refractivity contribution in [3.05, 3.63) is 95.7 Å². The third-order valence-electron chi connectivity index (χ3n) is 6.08. The second-order valence-corrected chi connectivity index (χ2v) is 8.03. The average Bonchev–Trinajstić information content (AvgIpc) is 3.30. The van der Waals surface area contributed by atoms with E-state index in [4.69, 9.17) is 4.74 Å². The Morgan fingerprint density at radius 2 is 1.69 bits per heavy atom. The van der Waals surface area contributed by atoms with Crippen molar-refractivity contribution in [2.24, 2.45) is 0 Å². The van der Waals surface area contributed by atoms with E-state index in [-0.39, 0.29) is 5.91 Å². The van der Waals surface area contributed by atoms with Crippen LogP contribution in [0.2, 0.25) is 0 Å². The third kappa shape index (κ3) is 3.48. The van der Waals surface area contributed by atoms with Crippen molar-refractivity contribution in [1.82, 2.24) is 4.57 Å². The predicted octanol–water partition coefficient (Wildman–Crippen LogP) is 5.94. The Morgan fingerprint density at radius 3 is 2.53 bits per heavy atom. The Bertz CT molecular complexity index is 1330. The average molecular weight is 423 g/mol. The molecule has 0 saturated heterocycles. The van der Waals surface area contributed by atoms with Crippen LogP contribution in [0.5, 0.6) is 5.75 Å². The first-order valence-electron chi connectivity index (χ1n) is 11.1. The summed E-state index contributed by atoms with van der Waals surface area (Å²) in [6.45, 7) is 6.03. The highest BCUT2D eigenvalue weighted by Crippen LogP contribution is 2.38. The Labute approximate surface area is 188 Å². The van der Waals surface area contributed by atoms with Crippen molar-refractivity contribution in [3.8, 4) is 5.75 Å². The largest absolute Gasteiger partial charge is 0.491 e. The molecule has 1 aliphatic heterocycles. The van der Waals surface area contributed by atoms with Gasteiger partial charge < -0.3 is 14.2 Å². The molecule has 0 fully saturated rings. The van der Waals surface area contributed by atoms with E-state index in [2.05, 4.69) is 35.9 Å². The van der Waals surface area contributed by atoms with Crippen LogP contribution >= 0.6 is 0 Å². The SMILES string of the molecule is CCN1C(=O)/C(=C/c2cn(CCOc3ccccc3C)c3ccccc23)c2ccccc21. The molecule has 0 saturated carbocycles. The molecule has 4 heteroatoms. The summed E-state index contributed by atoms with van der Waals surface area (Å²) in [5.41, 5.74) is 6.06. The van der Waals surface area contributed by atoms with Crippen molar-refractivity contribution < 1.29 is 9.53 Å². The summed E-state index contributed by atoms with van der Waals surface area (Å²) in [6, 6.07) is 24.4. The highest BCUT2D eigenvalue weighted by Gasteiger charge is 2.31. The lowest BCUT2D eigenvalue weighted by molar-refractivity contribution is -0.112. The van der Waals surface area contributed by atoms with Gasteiger partial charge in [0.1, 0.15) is 12.4 Å². The van der Waals surface area contributed by atoms with Crippen LogP contribution in [-0.4, -0.2) is 23.6 Å². The first kappa shape index (κ1) is 20.1. The molecule has 0 atom stereocenters. The summed E-state index contributed by atoms with van der Waals surface area (Å²) in [5, 5.41) is 1.14. The van der Waals surface area contributed by atoms with E-state index in [0.717, 1.165) is 51.1 Å². The quantitative estimate of drug-likeness (QED) is 0.361. The van der Waals surface area contributed by atoms with Gasteiger partial charge in [0.15, 0.2) is 0 Å². The molecule has 0 radical (unpaired) electrons. The van der Waals surface area contributed by atoms with Gasteiger partial charge in [-0.2, -0.15) is 0 Å². The zero-order valence-electron chi connectivity index (χ0n) is 18.4. The molecule has 0 unspecified atom stereocenters. The van der Waals surface area contributed by atoms with Crippen LogP contribution in [0.4, 0.5) is 5.69 Å². The van der Waals surface area contributed by atoms with E-state index in [1.807, 2.05) is 72.5 Å². The molecule has 4 aromatic rings. The number of hydrogen-bond donors (Lipinski definition) is 0. The van der Waals surface area contributed by atoms with Crippen LogP contribution in [0, 0.1) is 6.92 Å². The predicted molar refractivity (Wildman–Crippen MR) is 131 cm³/mol. The highest BCUT2D eigenvalue weighted by atomic mass is 16.5. The van der Waals surface area contributed by atoms with Crippen molar-refractivity contribution in [3.63, 3.8) is 0 Å². The van der Waals surface area contributed by atoms with E-state index >= 15 is 0 Å². The van der Waals surface area contributed by atoms with Crippen molar-refractivity contribution in [2.75, 3.05) is 18.1 Å². The van der Waals surface area contributed by atoms with Gasteiger partial charge in [-0.1, -0.05) is 54.6 Å². The standard InChI is InChI=1S/C28H26N2O2/c1-3-30-26-14-8-6-12-23(26)24(28(30)31)18-21-19-29(25-13-7-5-11-22(21)25)16-17-32-27-15-9-4-10-20(27)2/h4-15,18-19H,3,16-17H2,1-2H3/b24-18+. The number of aryl methyl sites for hydroxylation is 1. The van der Waals surface area contributed by atoms with E-state index in [0.29, 0.717) is 13.2 Å². The molecule has 0 bridgehead atoms. The van der Waals surface area contributed by atoms with Crippen LogP contribution in [0.1, 0.15) is 23.6 Å². The van der Waals surface area contributed by atoms with Crippen LogP contribution < -0.4 is 9.64 Å². The number of aromatic nitrogens is 1. The number of hydrogen-bond acceptors (Lipinski definition) is 2. The number of para-hydroxylation sites is 3. The number of carbonyl (C=O) groups excluding carboxylic acids is 1. The minimum absolute atomic E-state index is 0.0633. The molecular formula is C28H26N2O2. The Balaban J connectivity index is 1.48. The molecule has 1 amide bonds. The van der Waals surface area contributed by atoms with Crippen molar-refractivity contribution in [1.29, 1.82) is 0 Å². The second kappa shape index (κ2) is 8.39. The molecule has 32 heavy (non-hydrogen) atoms. The maximum Gasteiger partial charge on any atom is 0.258 e. The monoisotopic (exact) mass is 422 g/mol. The van der Waals surface area contributed by atoms with Crippen molar-refractivity contribution in [2.45, 2.75) is 20.4 Å². The number of ether oxygens (including phenoxy) is 1. The van der Waals surface area contributed by atoms with Gasteiger partial charge in [0.05, 0.1) is 12.2 Å². The van der Waals surface area contributed by atoms with Gasteiger partial charge in [-0.05, 0) is 43.7 Å². The zero-order chi connectivity index (χ0) is 22.1. The van der Waals surface area contributed by atoms with Gasteiger partial charge in [0.2, 0.25) is 0 Å². The number of amides is 1. The minimum atomic E-state index is 0.0633. The number of rotatable bonds is 6. The summed E-state index contributed by atoms with van der Waals surface area (Å²) < 4.78 is 8.24. The van der Waals surface area contributed by atoms with Gasteiger partial charge in [0, 0.05) is 40.3 Å². The lowest BCUT2D eigenvalue weighted by Gasteiger charge is -2.13. The lowest BCUT2D eigenvalue weighted by Crippen LogP contribution is -2.25. The van der Waals surface area contributed by atoms with Gasteiger partial charge in [0.25, 0.3) is 5.91 Å². The Hall–Kier alpha value is -3.79. The number of carbonyl (C=O) groups is 1. The molecule has 0 spiro atoms. The summed E-state index contributed by atoms with van der Waals surface area (Å²) in [6.07, 6.45) is 4.17. The third-order valence-corrected chi connectivity index (χ3v) is 6.08. The molecular weight excluding hydrogens is 396 g/mol. The first-order chi connectivity index (χ1) is 15.7. The lowest BCUT2D eigenvalue weighted by atomic mass is 10.0. The van der Waals surface area contributed by atoms with Crippen LogP contribution in [0.3, 0.4) is 0 Å². The smallest absolute Gasteiger partial charge is 0.258 e. The highest BCUT2D eigenvalue weighted by molar-refractivity contribution is 6.36. The number of nitrogens with zero attached hydrogens (tertiary/aromatic N) is 2. The van der Waals surface area contributed by atoms with Crippen LogP contribution in [0.15, 0.2) is 79.0 Å². The summed E-state index contributed by atoms with van der Waals surface area (Å²) >= 11 is 0. The van der Waals surface area contributed by atoms with Gasteiger partial charge in [-0.15, -0.1) is 0 Å². The number of fused-ring (bicyclic) bond motifs is 2. The van der Waals surface area contributed by atoms with E-state index in [1.165, 1.54) is 0 Å². The number of anilines is 1. The Kier molecular flexibility index (Phi) is 5.28. The maximum absolute atomic E-state index is 13.1. The molecule has 160 valence electrons. The maximum atomic E-state index is 13.1. The molecule has 4 nitrogen and oxygen atoms in total. The van der Waals surface area contributed by atoms with Gasteiger partial charge in [-0.3, -0.25) is 4.79 Å². The number of benzene rings is 3. The first-order valence-corrected chi connectivity index (χ1v) is 11.1. The fraction of sp³-hybridized carbons (Fsp3) is 0.179. The second-order valence-electron chi connectivity index (χ2n) is 8.03. The molecule has 2 heterocycles. The summed E-state index contributed by atoms with van der Waals surface area (Å²) in [7, 11) is 0. The molecule has 0 N–H and O–H groups in total. The fourth-order valence-electron chi connectivity index (χ4n) is 4.46. The van der Waals surface area contributed by atoms with Gasteiger partial charge >= 0.3 is 0 Å². The molecule has 5 rings (SSSR count). The van der Waals surface area contributed by atoms with Crippen LogP contribution in [-0.2, 0) is 11.3 Å². The summed E-state index contributed by atoms with van der Waals surface area (Å²) in [5.74, 6) is 0.979. The van der Waals surface area contributed by atoms with Gasteiger partial charge in [-0.25, -0.2) is 0 Å². The van der Waals surface area contributed by atoms with Crippen molar-refractivity contribution >= 4 is 34.1 Å². The molecule has 3 aromatic carbocycles. The fourth-order valence-corrected chi connectivity index (χ4v) is 4.46. The van der Waals surface area contributed by atoms with E-state index < -0.39 is 0 Å². The molecule has 0 aliphatic carbocycles. The van der Waals surface area contributed by atoms with Crippen LogP contribution in [0.25, 0.3) is 22.6 Å². The zero-order valence-corrected chi connectivity index (χ0v) is 18.4. The van der Waals surface area contributed by atoms with E-state index in [1.54, 1.807) is 0 Å². The molecule has 1 aliphatic rings. The Morgan fingerprint density at radius 1 is 0.938 bits per heavy atom.